The summed E-state index contributed by atoms with van der Waals surface area (Å²) in [5, 5.41) is 0. The Balaban J connectivity index is 2.16. The first-order valence-corrected chi connectivity index (χ1v) is 15.0. The van der Waals surface area contributed by atoms with Crippen molar-refractivity contribution in [1.29, 1.82) is 0 Å². The maximum Gasteiger partial charge on any atom is 0.357 e. The van der Waals surface area contributed by atoms with Gasteiger partial charge in [-0.3, -0.25) is 0 Å². The number of esters is 2. The van der Waals surface area contributed by atoms with Crippen molar-refractivity contribution in [2.75, 3.05) is 6.61 Å². The molecule has 0 aliphatic carbocycles. The first-order chi connectivity index (χ1) is 17.6. The molecule has 0 N–H and O–H groups in total. The van der Waals surface area contributed by atoms with Gasteiger partial charge in [0.05, 0.1) is 6.61 Å². The van der Waals surface area contributed by atoms with E-state index in [1.807, 2.05) is 0 Å². The van der Waals surface area contributed by atoms with Crippen LogP contribution < -0.4 is 0 Å². The average molecular weight is 504 g/mol. The molecule has 1 aromatic rings. The molecule has 0 aromatic carbocycles. The molecule has 0 saturated heterocycles. The molecule has 1 atom stereocenters. The van der Waals surface area contributed by atoms with E-state index in [0.717, 1.165) is 44.9 Å². The van der Waals surface area contributed by atoms with E-state index in [9.17, 15) is 9.59 Å². The topological polar surface area (TPSA) is 65.5 Å². The van der Waals surface area contributed by atoms with E-state index in [-0.39, 0.29) is 17.5 Å². The summed E-state index contributed by atoms with van der Waals surface area (Å²) < 4.78 is 11.0. The predicted molar refractivity (Wildman–Crippen MR) is 148 cm³/mol. The van der Waals surface area contributed by atoms with E-state index < -0.39 is 11.9 Å². The quantitative estimate of drug-likeness (QED) is 0.110. The molecule has 1 unspecified atom stereocenters. The van der Waals surface area contributed by atoms with Crippen molar-refractivity contribution in [3.05, 3.63) is 29.6 Å². The van der Waals surface area contributed by atoms with Crippen molar-refractivity contribution in [3.8, 4) is 0 Å². The lowest BCUT2D eigenvalue weighted by molar-refractivity contribution is 0.0247. The third-order valence-corrected chi connectivity index (χ3v) is 6.66. The van der Waals surface area contributed by atoms with Gasteiger partial charge in [-0.05, 0) is 31.4 Å². The highest BCUT2D eigenvalue weighted by Crippen LogP contribution is 2.15. The summed E-state index contributed by atoms with van der Waals surface area (Å²) in [6, 6.07) is 4.84. The number of rotatable bonds is 23. The minimum atomic E-state index is -0.476. The van der Waals surface area contributed by atoms with Crippen molar-refractivity contribution < 1.29 is 19.1 Å². The molecule has 206 valence electrons. The molecule has 0 aliphatic heterocycles. The number of unbranched alkanes of at least 4 members (excludes halogenated alkanes) is 14. The number of nitrogens with zero attached hydrogens (tertiary/aromatic N) is 1. The van der Waals surface area contributed by atoms with Gasteiger partial charge in [-0.2, -0.15) is 0 Å². The van der Waals surface area contributed by atoms with E-state index >= 15 is 0 Å². The van der Waals surface area contributed by atoms with E-state index in [0.29, 0.717) is 6.61 Å². The molecule has 1 rings (SSSR count). The first kappa shape index (κ1) is 32.1. The standard InChI is InChI=1S/C31H53NO4/c1-4-7-9-10-11-12-13-14-15-16-17-18-19-20-26-35-30(33)28-24-21-25-29(32-28)31(34)36-27(22-6-3)23-8-5-2/h21,24-25,27H,4-20,22-23,26H2,1-3H3. The molecule has 36 heavy (non-hydrogen) atoms. The third kappa shape index (κ3) is 16.0. The minimum Gasteiger partial charge on any atom is -0.461 e. The number of hydrogen-bond donors (Lipinski definition) is 0. The summed E-state index contributed by atoms with van der Waals surface area (Å²) in [7, 11) is 0. The zero-order valence-electron chi connectivity index (χ0n) is 23.5. The van der Waals surface area contributed by atoms with Gasteiger partial charge in [0, 0.05) is 0 Å². The Bertz CT molecular complexity index is 691. The van der Waals surface area contributed by atoms with Crippen molar-refractivity contribution in [3.63, 3.8) is 0 Å². The van der Waals surface area contributed by atoms with Gasteiger partial charge in [0.15, 0.2) is 0 Å². The lowest BCUT2D eigenvalue weighted by atomic mass is 10.0. The van der Waals surface area contributed by atoms with Crippen molar-refractivity contribution in [1.82, 2.24) is 4.98 Å². The fourth-order valence-corrected chi connectivity index (χ4v) is 4.43. The van der Waals surface area contributed by atoms with Crippen LogP contribution in [0.15, 0.2) is 18.2 Å². The maximum atomic E-state index is 12.5. The van der Waals surface area contributed by atoms with E-state index in [2.05, 4.69) is 25.8 Å². The second-order valence-electron chi connectivity index (χ2n) is 10.1. The zero-order chi connectivity index (χ0) is 26.3. The number of ether oxygens (including phenoxy) is 2. The number of carbonyl (C=O) groups is 2. The monoisotopic (exact) mass is 503 g/mol. The van der Waals surface area contributed by atoms with Crippen molar-refractivity contribution in [2.24, 2.45) is 0 Å². The van der Waals surface area contributed by atoms with E-state index in [1.54, 1.807) is 18.2 Å². The molecule has 0 fully saturated rings. The van der Waals surface area contributed by atoms with Gasteiger partial charge in [-0.15, -0.1) is 0 Å². The Morgan fingerprint density at radius 3 is 1.67 bits per heavy atom. The van der Waals surface area contributed by atoms with Gasteiger partial charge in [0.1, 0.15) is 17.5 Å². The molecule has 0 amide bonds. The van der Waals surface area contributed by atoms with Crippen molar-refractivity contribution in [2.45, 2.75) is 149 Å². The second kappa shape index (κ2) is 22.3. The van der Waals surface area contributed by atoms with Crippen LogP contribution in [-0.4, -0.2) is 29.6 Å². The Morgan fingerprint density at radius 1 is 0.639 bits per heavy atom. The molecule has 0 spiro atoms. The first-order valence-electron chi connectivity index (χ1n) is 15.0. The van der Waals surface area contributed by atoms with Gasteiger partial charge >= 0.3 is 11.9 Å². The van der Waals surface area contributed by atoms with Gasteiger partial charge in [-0.1, -0.05) is 130 Å². The van der Waals surface area contributed by atoms with E-state index in [4.69, 9.17) is 9.47 Å². The van der Waals surface area contributed by atoms with Crippen LogP contribution in [0.3, 0.4) is 0 Å². The SMILES string of the molecule is CCCCCCCCCCCCCCCCOC(=O)c1cccc(C(=O)OC(CCC)CCCC)n1. The lowest BCUT2D eigenvalue weighted by Gasteiger charge is -2.16. The maximum absolute atomic E-state index is 12.5. The Labute approximate surface area is 221 Å². The number of hydrogen-bond acceptors (Lipinski definition) is 5. The average Bonchev–Trinajstić information content (AvgIpc) is 2.89. The summed E-state index contributed by atoms with van der Waals surface area (Å²) >= 11 is 0. The Kier molecular flexibility index (Phi) is 19.9. The molecule has 5 nitrogen and oxygen atoms in total. The zero-order valence-corrected chi connectivity index (χ0v) is 23.5. The van der Waals surface area contributed by atoms with Crippen LogP contribution in [-0.2, 0) is 9.47 Å². The molecule has 5 heteroatoms. The Hall–Kier alpha value is -1.91. The van der Waals surface area contributed by atoms with Crippen molar-refractivity contribution >= 4 is 11.9 Å². The van der Waals surface area contributed by atoms with Gasteiger partial charge in [0.2, 0.25) is 0 Å². The molecule has 0 saturated carbocycles. The summed E-state index contributed by atoms with van der Waals surface area (Å²) in [6.07, 6.45) is 22.7. The minimum absolute atomic E-state index is 0.0971. The van der Waals surface area contributed by atoms with Crippen LogP contribution in [0.4, 0.5) is 0 Å². The van der Waals surface area contributed by atoms with Crippen LogP contribution >= 0.6 is 0 Å². The summed E-state index contributed by atoms with van der Waals surface area (Å²) in [5.74, 6) is -0.943. The predicted octanol–water partition coefficient (Wildman–Crippen LogP) is 9.24. The summed E-state index contributed by atoms with van der Waals surface area (Å²) in [5.41, 5.74) is 0.328. The fourth-order valence-electron chi connectivity index (χ4n) is 4.43. The van der Waals surface area contributed by atoms with E-state index in [1.165, 1.54) is 77.0 Å². The molecule has 0 radical (unpaired) electrons. The molecule has 1 heterocycles. The molecule has 1 aromatic heterocycles. The van der Waals surface area contributed by atoms with Gasteiger partial charge < -0.3 is 9.47 Å². The number of pyridine rings is 1. The molecule has 0 aliphatic rings. The smallest absolute Gasteiger partial charge is 0.357 e. The Morgan fingerprint density at radius 2 is 1.14 bits per heavy atom. The third-order valence-electron chi connectivity index (χ3n) is 6.66. The van der Waals surface area contributed by atoms with Crippen LogP contribution in [0.25, 0.3) is 0 Å². The lowest BCUT2D eigenvalue weighted by Crippen LogP contribution is -2.20. The largest absolute Gasteiger partial charge is 0.461 e. The highest BCUT2D eigenvalue weighted by Gasteiger charge is 2.18. The summed E-state index contributed by atoms with van der Waals surface area (Å²) in [4.78, 5) is 29.1. The van der Waals surface area contributed by atoms with Crippen LogP contribution in [0.1, 0.15) is 164 Å². The highest BCUT2D eigenvalue weighted by atomic mass is 16.5. The van der Waals surface area contributed by atoms with Crippen LogP contribution in [0, 0.1) is 0 Å². The van der Waals surface area contributed by atoms with Gasteiger partial charge in [-0.25, -0.2) is 14.6 Å². The molecular weight excluding hydrogens is 450 g/mol. The number of aromatic nitrogens is 1. The fraction of sp³-hybridized carbons (Fsp3) is 0.774. The van der Waals surface area contributed by atoms with Crippen LogP contribution in [0.2, 0.25) is 0 Å². The second-order valence-corrected chi connectivity index (χ2v) is 10.1. The normalized spacial score (nSPS) is 11.9. The summed E-state index contributed by atoms with van der Waals surface area (Å²) in [6.45, 7) is 6.87. The van der Waals surface area contributed by atoms with Crippen LogP contribution in [0.5, 0.6) is 0 Å². The molecular formula is C31H53NO4. The number of carbonyl (C=O) groups excluding carboxylic acids is 2. The van der Waals surface area contributed by atoms with Gasteiger partial charge in [0.25, 0.3) is 0 Å². The molecule has 0 bridgehead atoms. The highest BCUT2D eigenvalue weighted by molar-refractivity contribution is 5.91.